The summed E-state index contributed by atoms with van der Waals surface area (Å²) in [4.78, 5) is 41.3. The number of ether oxygens (including phenoxy) is 3. The number of alkyl carbamates (subject to hydrolysis) is 1. The highest BCUT2D eigenvalue weighted by Gasteiger charge is 2.60. The molecule has 1 aliphatic heterocycles. The van der Waals surface area contributed by atoms with Crippen LogP contribution in [-0.4, -0.2) is 68.4 Å². The summed E-state index contributed by atoms with van der Waals surface area (Å²) in [6, 6.07) is 0.161. The number of nitrogens with one attached hydrogen (secondary N) is 1. The lowest BCUT2D eigenvalue weighted by molar-refractivity contribution is -0.195. The third-order valence-electron chi connectivity index (χ3n) is 4.88. The van der Waals surface area contributed by atoms with Gasteiger partial charge in [0.05, 0.1) is 13.2 Å². The number of nitrogens with two attached hydrogens (primary N) is 1. The van der Waals surface area contributed by atoms with Crippen LogP contribution in [0.25, 0.3) is 0 Å². The number of anilines is 1. The maximum Gasteiger partial charge on any atom is 0.408 e. The van der Waals surface area contributed by atoms with Crippen molar-refractivity contribution in [1.82, 2.24) is 14.9 Å². The van der Waals surface area contributed by atoms with Gasteiger partial charge in [-0.05, 0) is 39.7 Å². The number of aliphatic hydroxyl groups is 2. The predicted molar refractivity (Wildman–Crippen MR) is 112 cm³/mol. The molecule has 0 radical (unpaired) electrons. The van der Waals surface area contributed by atoms with Crippen molar-refractivity contribution in [3.8, 4) is 0 Å². The van der Waals surface area contributed by atoms with Gasteiger partial charge in [0.25, 0.3) is 0 Å². The molecule has 1 aromatic heterocycles. The SMILES string of the molecule is CC(C)C(NC(=O)OC(C)(C)C)C(=O)OC1C(C)(O)CO[C@]1(CO)n1ccc(N)nc1=O. The average molecular weight is 456 g/mol. The monoisotopic (exact) mass is 456 g/mol. The number of aromatic nitrogens is 2. The largest absolute Gasteiger partial charge is 0.452 e. The van der Waals surface area contributed by atoms with E-state index in [1.807, 2.05) is 0 Å². The molecule has 3 unspecified atom stereocenters. The molecule has 1 fully saturated rings. The van der Waals surface area contributed by atoms with E-state index in [1.54, 1.807) is 34.6 Å². The van der Waals surface area contributed by atoms with Crippen LogP contribution in [0.3, 0.4) is 0 Å². The van der Waals surface area contributed by atoms with Crippen LogP contribution >= 0.6 is 0 Å². The Bertz CT molecular complexity index is 908. The Morgan fingerprint density at radius 1 is 1.44 bits per heavy atom. The van der Waals surface area contributed by atoms with Crippen molar-refractivity contribution in [1.29, 1.82) is 0 Å². The number of nitrogens with zero attached hydrogens (tertiary/aromatic N) is 2. The zero-order valence-electron chi connectivity index (χ0n) is 19.1. The summed E-state index contributed by atoms with van der Waals surface area (Å²) in [5.41, 5.74) is 0.149. The highest BCUT2D eigenvalue weighted by molar-refractivity contribution is 5.82. The van der Waals surface area contributed by atoms with Gasteiger partial charge in [-0.15, -0.1) is 0 Å². The second-order valence-electron chi connectivity index (χ2n) is 9.34. The molecule has 2 heterocycles. The molecule has 1 amide bonds. The minimum atomic E-state index is -1.95. The molecular weight excluding hydrogens is 424 g/mol. The normalized spacial score (nSPS) is 26.6. The van der Waals surface area contributed by atoms with E-state index in [1.165, 1.54) is 19.2 Å². The third-order valence-corrected chi connectivity index (χ3v) is 4.88. The van der Waals surface area contributed by atoms with E-state index in [-0.39, 0.29) is 12.4 Å². The minimum Gasteiger partial charge on any atom is -0.452 e. The summed E-state index contributed by atoms with van der Waals surface area (Å²) in [6.07, 6.45) is -1.12. The van der Waals surface area contributed by atoms with Gasteiger partial charge in [-0.2, -0.15) is 4.98 Å². The van der Waals surface area contributed by atoms with E-state index in [2.05, 4.69) is 10.3 Å². The van der Waals surface area contributed by atoms with Crippen LogP contribution in [-0.2, 0) is 24.7 Å². The summed E-state index contributed by atoms with van der Waals surface area (Å²) in [5.74, 6) is -1.37. The van der Waals surface area contributed by atoms with Crippen molar-refractivity contribution >= 4 is 17.9 Å². The lowest BCUT2D eigenvalue weighted by Crippen LogP contribution is -2.59. The zero-order valence-corrected chi connectivity index (χ0v) is 19.1. The number of rotatable bonds is 6. The molecule has 1 aliphatic rings. The van der Waals surface area contributed by atoms with Crippen LogP contribution in [0.2, 0.25) is 0 Å². The summed E-state index contributed by atoms with van der Waals surface area (Å²) < 4.78 is 17.3. The molecule has 180 valence electrons. The van der Waals surface area contributed by atoms with E-state index in [0.29, 0.717) is 0 Å². The van der Waals surface area contributed by atoms with E-state index in [0.717, 1.165) is 4.57 Å². The Morgan fingerprint density at radius 2 is 2.06 bits per heavy atom. The van der Waals surface area contributed by atoms with Crippen LogP contribution < -0.4 is 16.7 Å². The number of esters is 1. The van der Waals surface area contributed by atoms with E-state index >= 15 is 0 Å². The molecule has 0 aliphatic carbocycles. The van der Waals surface area contributed by atoms with Crippen LogP contribution in [0.1, 0.15) is 41.5 Å². The lowest BCUT2D eigenvalue weighted by Gasteiger charge is -2.37. The predicted octanol–water partition coefficient (Wildman–Crippen LogP) is -0.287. The second kappa shape index (κ2) is 9.04. The molecule has 0 saturated carbocycles. The first-order valence-electron chi connectivity index (χ1n) is 10.2. The van der Waals surface area contributed by atoms with Crippen molar-refractivity contribution < 1.29 is 34.0 Å². The fraction of sp³-hybridized carbons (Fsp3) is 0.700. The highest BCUT2D eigenvalue weighted by Crippen LogP contribution is 2.39. The highest BCUT2D eigenvalue weighted by atomic mass is 16.6. The zero-order chi connectivity index (χ0) is 24.5. The van der Waals surface area contributed by atoms with Crippen molar-refractivity contribution in [2.45, 2.75) is 70.6 Å². The van der Waals surface area contributed by atoms with Crippen molar-refractivity contribution in [2.24, 2.45) is 5.92 Å². The molecule has 4 atom stereocenters. The van der Waals surface area contributed by atoms with E-state index in [9.17, 15) is 24.6 Å². The smallest absolute Gasteiger partial charge is 0.408 e. The maximum absolute atomic E-state index is 13.0. The summed E-state index contributed by atoms with van der Waals surface area (Å²) in [6.45, 7) is 8.56. The summed E-state index contributed by atoms with van der Waals surface area (Å²) >= 11 is 0. The topological polar surface area (TPSA) is 175 Å². The number of hydrogen-bond donors (Lipinski definition) is 4. The summed E-state index contributed by atoms with van der Waals surface area (Å²) in [5, 5.41) is 23.5. The number of carbonyl (C=O) groups is 2. The quantitative estimate of drug-likeness (QED) is 0.416. The molecule has 1 saturated heterocycles. The van der Waals surface area contributed by atoms with Gasteiger partial charge in [0, 0.05) is 6.20 Å². The Morgan fingerprint density at radius 3 is 2.56 bits per heavy atom. The first-order valence-corrected chi connectivity index (χ1v) is 10.2. The Hall–Kier alpha value is -2.70. The molecule has 5 N–H and O–H groups in total. The lowest BCUT2D eigenvalue weighted by atomic mass is 9.94. The molecular formula is C20H32N4O8. The number of nitrogen functional groups attached to an aromatic ring is 1. The first-order chi connectivity index (χ1) is 14.6. The van der Waals surface area contributed by atoms with Gasteiger partial charge in [-0.3, -0.25) is 4.57 Å². The molecule has 0 bridgehead atoms. The first kappa shape index (κ1) is 25.6. The second-order valence-corrected chi connectivity index (χ2v) is 9.34. The van der Waals surface area contributed by atoms with Crippen molar-refractivity contribution in [3.63, 3.8) is 0 Å². The van der Waals surface area contributed by atoms with Gasteiger partial charge < -0.3 is 35.5 Å². The minimum absolute atomic E-state index is 0.0564. The molecule has 0 spiro atoms. The van der Waals surface area contributed by atoms with Crippen LogP contribution in [0.4, 0.5) is 10.6 Å². The van der Waals surface area contributed by atoms with Gasteiger partial charge in [-0.1, -0.05) is 13.8 Å². The number of aliphatic hydroxyl groups excluding tert-OH is 1. The maximum atomic E-state index is 13.0. The molecule has 12 nitrogen and oxygen atoms in total. The van der Waals surface area contributed by atoms with Gasteiger partial charge >= 0.3 is 17.8 Å². The fourth-order valence-corrected chi connectivity index (χ4v) is 3.35. The Kier molecular flexibility index (Phi) is 7.22. The Balaban J connectivity index is 2.37. The van der Waals surface area contributed by atoms with Gasteiger partial charge in [0.1, 0.15) is 23.1 Å². The fourth-order valence-electron chi connectivity index (χ4n) is 3.35. The number of carbonyl (C=O) groups excluding carboxylic acids is 2. The van der Waals surface area contributed by atoms with Crippen LogP contribution in [0, 0.1) is 5.92 Å². The average Bonchev–Trinajstić information content (AvgIpc) is 2.89. The number of hydrogen-bond acceptors (Lipinski definition) is 10. The molecule has 12 heteroatoms. The molecule has 2 rings (SSSR count). The molecule has 1 aromatic rings. The van der Waals surface area contributed by atoms with Crippen molar-refractivity contribution in [3.05, 3.63) is 22.7 Å². The molecule has 0 aromatic carbocycles. The van der Waals surface area contributed by atoms with Crippen LogP contribution in [0.5, 0.6) is 0 Å². The van der Waals surface area contributed by atoms with Gasteiger partial charge in [-0.25, -0.2) is 14.4 Å². The summed E-state index contributed by atoms with van der Waals surface area (Å²) in [7, 11) is 0. The third kappa shape index (κ3) is 5.37. The molecule has 32 heavy (non-hydrogen) atoms. The van der Waals surface area contributed by atoms with Crippen molar-refractivity contribution in [2.75, 3.05) is 18.9 Å². The number of amides is 1. The van der Waals surface area contributed by atoms with E-state index in [4.69, 9.17) is 19.9 Å². The van der Waals surface area contributed by atoms with Crippen LogP contribution in [0.15, 0.2) is 17.1 Å². The Labute approximate surface area is 185 Å². The van der Waals surface area contributed by atoms with E-state index < -0.39 is 59.3 Å². The van der Waals surface area contributed by atoms with Gasteiger partial charge in [0.2, 0.25) is 5.72 Å². The van der Waals surface area contributed by atoms with Gasteiger partial charge in [0.15, 0.2) is 6.10 Å². The standard InChI is InChI=1S/C20H32N4O8/c1-11(2)13(23-17(28)32-18(3,4)5)14(26)31-15-19(6,29)10-30-20(15,9-25)24-8-7-12(21)22-16(24)27/h7-8,11,13,15,25,29H,9-10H2,1-6H3,(H,23,28)(H2,21,22,27)/t13?,15?,19?,20-/m0/s1.